The second kappa shape index (κ2) is 8.13. The maximum absolute atomic E-state index is 11.8. The number of hydrogen-bond donors (Lipinski definition) is 0. The highest BCUT2D eigenvalue weighted by molar-refractivity contribution is 5.89. The van der Waals surface area contributed by atoms with Crippen molar-refractivity contribution in [3.05, 3.63) is 71.3 Å². The van der Waals surface area contributed by atoms with Gasteiger partial charge in [0.2, 0.25) is 0 Å². The van der Waals surface area contributed by atoms with Crippen molar-refractivity contribution < 1.29 is 19.1 Å². The minimum atomic E-state index is -0.354. The molecule has 2 aromatic rings. The Balaban J connectivity index is 1.84. The van der Waals surface area contributed by atoms with E-state index in [9.17, 15) is 9.59 Å². The third kappa shape index (κ3) is 5.58. The molecule has 0 saturated heterocycles. The van der Waals surface area contributed by atoms with Gasteiger partial charge in [-0.1, -0.05) is 42.5 Å². The first-order valence-corrected chi connectivity index (χ1v) is 7.54. The molecule has 4 heteroatoms. The molecule has 0 unspecified atom stereocenters. The largest absolute Gasteiger partial charge is 0.461 e. The lowest BCUT2D eigenvalue weighted by Gasteiger charge is -2.09. The van der Waals surface area contributed by atoms with Crippen LogP contribution in [0.4, 0.5) is 0 Å². The molecule has 0 heterocycles. The molecule has 4 nitrogen and oxygen atoms in total. The van der Waals surface area contributed by atoms with E-state index >= 15 is 0 Å². The van der Waals surface area contributed by atoms with Crippen LogP contribution in [0.3, 0.4) is 0 Å². The predicted octanol–water partition coefficient (Wildman–Crippen LogP) is 3.54. The van der Waals surface area contributed by atoms with Crippen molar-refractivity contribution >= 4 is 11.9 Å². The zero-order valence-corrected chi connectivity index (χ0v) is 13.3. The zero-order chi connectivity index (χ0) is 16.7. The number of benzene rings is 2. The first kappa shape index (κ1) is 16.7. The molecule has 0 fully saturated rings. The Labute approximate surface area is 136 Å². The number of carbonyl (C=O) groups is 2. The number of ether oxygens (including phenoxy) is 2. The van der Waals surface area contributed by atoms with E-state index in [4.69, 9.17) is 9.47 Å². The molecule has 0 saturated carbocycles. The fraction of sp³-hybridized carbons (Fsp3) is 0.263. The molecular formula is C19H20O4. The molecular weight excluding hydrogens is 292 g/mol. The van der Waals surface area contributed by atoms with E-state index in [-0.39, 0.29) is 31.1 Å². The average molecular weight is 312 g/mol. The highest BCUT2D eigenvalue weighted by Gasteiger charge is 2.09. The molecule has 0 aliphatic carbocycles. The van der Waals surface area contributed by atoms with Gasteiger partial charge < -0.3 is 9.47 Å². The predicted molar refractivity (Wildman–Crippen MR) is 86.9 cm³/mol. The third-order valence-corrected chi connectivity index (χ3v) is 3.12. The van der Waals surface area contributed by atoms with Crippen LogP contribution in [-0.4, -0.2) is 18.0 Å². The summed E-state index contributed by atoms with van der Waals surface area (Å²) in [6, 6.07) is 16.3. The van der Waals surface area contributed by atoms with Crippen LogP contribution < -0.4 is 0 Å². The summed E-state index contributed by atoms with van der Waals surface area (Å²) in [5, 5.41) is 0. The van der Waals surface area contributed by atoms with Crippen LogP contribution in [0.25, 0.3) is 0 Å². The summed E-state index contributed by atoms with van der Waals surface area (Å²) in [4.78, 5) is 23.5. The highest BCUT2D eigenvalue weighted by atomic mass is 16.5. The zero-order valence-electron chi connectivity index (χ0n) is 13.3. The Kier molecular flexibility index (Phi) is 5.92. The Morgan fingerprint density at radius 1 is 0.913 bits per heavy atom. The van der Waals surface area contributed by atoms with Crippen molar-refractivity contribution in [3.63, 3.8) is 0 Å². The Morgan fingerprint density at radius 3 is 2.17 bits per heavy atom. The molecule has 0 radical (unpaired) electrons. The van der Waals surface area contributed by atoms with Crippen molar-refractivity contribution in [2.75, 3.05) is 0 Å². The van der Waals surface area contributed by atoms with E-state index in [1.807, 2.05) is 30.3 Å². The molecule has 0 amide bonds. The third-order valence-electron chi connectivity index (χ3n) is 3.12. The van der Waals surface area contributed by atoms with Gasteiger partial charge in [-0.15, -0.1) is 0 Å². The summed E-state index contributed by atoms with van der Waals surface area (Å²) in [6.07, 6.45) is 0.0979. The van der Waals surface area contributed by atoms with Gasteiger partial charge in [-0.05, 0) is 37.1 Å². The van der Waals surface area contributed by atoms with Gasteiger partial charge in [-0.3, -0.25) is 4.79 Å². The van der Waals surface area contributed by atoms with Gasteiger partial charge >= 0.3 is 11.9 Å². The Morgan fingerprint density at radius 2 is 1.57 bits per heavy atom. The van der Waals surface area contributed by atoms with Crippen LogP contribution in [0.15, 0.2) is 54.6 Å². The lowest BCUT2D eigenvalue weighted by atomic mass is 10.1. The molecule has 0 atom stereocenters. The number of esters is 2. The highest BCUT2D eigenvalue weighted by Crippen LogP contribution is 2.09. The summed E-state index contributed by atoms with van der Waals surface area (Å²) in [5.41, 5.74) is 2.23. The van der Waals surface area contributed by atoms with Gasteiger partial charge in [0.25, 0.3) is 0 Å². The van der Waals surface area contributed by atoms with Crippen molar-refractivity contribution in [1.82, 2.24) is 0 Å². The molecule has 2 aromatic carbocycles. The molecule has 0 spiro atoms. The maximum atomic E-state index is 11.8. The fourth-order valence-corrected chi connectivity index (χ4v) is 2.00. The van der Waals surface area contributed by atoms with Gasteiger partial charge in [0.05, 0.1) is 18.1 Å². The monoisotopic (exact) mass is 312 g/mol. The molecule has 0 bridgehead atoms. The number of rotatable bonds is 6. The average Bonchev–Trinajstić information content (AvgIpc) is 2.54. The van der Waals surface area contributed by atoms with Gasteiger partial charge in [0.15, 0.2) is 0 Å². The van der Waals surface area contributed by atoms with E-state index in [2.05, 4.69) is 0 Å². The second-order valence-corrected chi connectivity index (χ2v) is 5.47. The van der Waals surface area contributed by atoms with Crippen molar-refractivity contribution in [2.24, 2.45) is 0 Å². The van der Waals surface area contributed by atoms with Crippen LogP contribution in [0.2, 0.25) is 0 Å². The van der Waals surface area contributed by atoms with Crippen LogP contribution in [0, 0.1) is 0 Å². The summed E-state index contributed by atoms with van der Waals surface area (Å²) >= 11 is 0. The van der Waals surface area contributed by atoms with Crippen molar-refractivity contribution in [2.45, 2.75) is 33.0 Å². The quantitative estimate of drug-likeness (QED) is 0.766. The van der Waals surface area contributed by atoms with Crippen LogP contribution in [-0.2, 0) is 27.3 Å². The Bertz CT molecular complexity index is 645. The van der Waals surface area contributed by atoms with Gasteiger partial charge in [0, 0.05) is 0 Å². The number of hydrogen-bond acceptors (Lipinski definition) is 4. The minimum Gasteiger partial charge on any atom is -0.461 e. The Hall–Kier alpha value is -2.62. The van der Waals surface area contributed by atoms with Crippen LogP contribution in [0.5, 0.6) is 0 Å². The van der Waals surface area contributed by atoms with Gasteiger partial charge in [0.1, 0.15) is 6.61 Å². The standard InChI is InChI=1S/C19H20O4/c1-14(2)23-19(21)17-10-8-16(9-11-17)13-22-18(20)12-15-6-4-3-5-7-15/h3-11,14H,12-13H2,1-2H3. The van der Waals surface area contributed by atoms with E-state index in [0.717, 1.165) is 11.1 Å². The van der Waals surface area contributed by atoms with Crippen molar-refractivity contribution in [3.8, 4) is 0 Å². The topological polar surface area (TPSA) is 52.6 Å². The molecule has 0 aromatic heterocycles. The summed E-state index contributed by atoms with van der Waals surface area (Å²) in [5.74, 6) is -0.632. The lowest BCUT2D eigenvalue weighted by Crippen LogP contribution is -2.11. The van der Waals surface area contributed by atoms with E-state index < -0.39 is 0 Å². The van der Waals surface area contributed by atoms with Crippen molar-refractivity contribution in [1.29, 1.82) is 0 Å². The molecule has 23 heavy (non-hydrogen) atoms. The molecule has 120 valence electrons. The van der Waals surface area contributed by atoms with Crippen LogP contribution in [0.1, 0.15) is 35.3 Å². The smallest absolute Gasteiger partial charge is 0.338 e. The summed E-state index contributed by atoms with van der Waals surface area (Å²) < 4.78 is 10.4. The van der Waals surface area contributed by atoms with E-state index in [1.54, 1.807) is 38.1 Å². The molecule has 2 rings (SSSR count). The molecule has 0 aliphatic heterocycles. The first-order chi connectivity index (χ1) is 11.0. The number of carbonyl (C=O) groups excluding carboxylic acids is 2. The summed E-state index contributed by atoms with van der Waals surface area (Å²) in [6.45, 7) is 3.79. The van der Waals surface area contributed by atoms with Gasteiger partial charge in [-0.25, -0.2) is 4.79 Å². The fourth-order valence-electron chi connectivity index (χ4n) is 2.00. The lowest BCUT2D eigenvalue weighted by molar-refractivity contribution is -0.144. The minimum absolute atomic E-state index is 0.152. The second-order valence-electron chi connectivity index (χ2n) is 5.47. The SMILES string of the molecule is CC(C)OC(=O)c1ccc(COC(=O)Cc2ccccc2)cc1. The summed E-state index contributed by atoms with van der Waals surface area (Å²) in [7, 11) is 0. The van der Waals surface area contributed by atoms with E-state index in [0.29, 0.717) is 5.56 Å². The molecule has 0 aliphatic rings. The maximum Gasteiger partial charge on any atom is 0.338 e. The molecule has 0 N–H and O–H groups in total. The van der Waals surface area contributed by atoms with E-state index in [1.165, 1.54) is 0 Å². The van der Waals surface area contributed by atoms with Gasteiger partial charge in [-0.2, -0.15) is 0 Å². The normalized spacial score (nSPS) is 10.4. The first-order valence-electron chi connectivity index (χ1n) is 7.54. The van der Waals surface area contributed by atoms with Crippen LogP contribution >= 0.6 is 0 Å².